The standard InChI is InChI=1S/C14H22N2O2S2/c1-13(6-4-8-20-13)9-15-12(17)16-10-14(2,18)11-5-3-7-19-11/h3,5,7,18H,4,6,8-10H2,1-2H3,(H2,15,16,17). The lowest BCUT2D eigenvalue weighted by atomic mass is 10.1. The quantitative estimate of drug-likeness (QED) is 0.783. The molecule has 4 nitrogen and oxygen atoms in total. The van der Waals surface area contributed by atoms with E-state index in [4.69, 9.17) is 0 Å². The summed E-state index contributed by atoms with van der Waals surface area (Å²) < 4.78 is 0.160. The van der Waals surface area contributed by atoms with E-state index in [9.17, 15) is 9.90 Å². The van der Waals surface area contributed by atoms with E-state index in [0.29, 0.717) is 6.54 Å². The Morgan fingerprint density at radius 1 is 1.55 bits per heavy atom. The normalized spacial score (nSPS) is 25.1. The Hall–Kier alpha value is -0.720. The van der Waals surface area contributed by atoms with E-state index in [1.165, 1.54) is 23.5 Å². The van der Waals surface area contributed by atoms with Crippen molar-refractivity contribution in [1.82, 2.24) is 10.6 Å². The highest BCUT2D eigenvalue weighted by Gasteiger charge is 2.30. The van der Waals surface area contributed by atoms with Crippen molar-refractivity contribution < 1.29 is 9.90 Å². The number of carbonyl (C=O) groups is 1. The Morgan fingerprint density at radius 2 is 2.35 bits per heavy atom. The minimum atomic E-state index is -1.02. The zero-order valence-corrected chi connectivity index (χ0v) is 13.6. The van der Waals surface area contributed by atoms with Crippen molar-refractivity contribution in [2.75, 3.05) is 18.8 Å². The molecule has 6 heteroatoms. The van der Waals surface area contributed by atoms with Crippen LogP contribution in [0.25, 0.3) is 0 Å². The Bertz CT molecular complexity index is 440. The second-order valence-corrected chi connectivity index (χ2v) is 8.32. The minimum Gasteiger partial charge on any atom is -0.383 e. The molecule has 3 N–H and O–H groups in total. The lowest BCUT2D eigenvalue weighted by Crippen LogP contribution is -2.46. The van der Waals surface area contributed by atoms with Crippen LogP contribution in [0.5, 0.6) is 0 Å². The van der Waals surface area contributed by atoms with Crippen LogP contribution in [-0.2, 0) is 5.60 Å². The van der Waals surface area contributed by atoms with Gasteiger partial charge in [0.15, 0.2) is 0 Å². The summed E-state index contributed by atoms with van der Waals surface area (Å²) in [7, 11) is 0. The molecule has 2 rings (SSSR count). The molecule has 112 valence electrons. The van der Waals surface area contributed by atoms with Gasteiger partial charge in [0.05, 0.1) is 6.54 Å². The first-order valence-corrected chi connectivity index (χ1v) is 8.70. The molecule has 1 aliphatic rings. The second-order valence-electron chi connectivity index (χ2n) is 5.69. The number of nitrogens with one attached hydrogen (secondary N) is 2. The lowest BCUT2D eigenvalue weighted by molar-refractivity contribution is 0.0631. The summed E-state index contributed by atoms with van der Waals surface area (Å²) in [6.45, 7) is 4.79. The van der Waals surface area contributed by atoms with Gasteiger partial charge in [0.25, 0.3) is 0 Å². The molecule has 2 atom stereocenters. The van der Waals surface area contributed by atoms with Crippen LogP contribution in [0.3, 0.4) is 0 Å². The van der Waals surface area contributed by atoms with Crippen LogP contribution < -0.4 is 10.6 Å². The van der Waals surface area contributed by atoms with Crippen LogP contribution in [0.4, 0.5) is 4.79 Å². The fourth-order valence-electron chi connectivity index (χ4n) is 2.23. The molecular formula is C14H22N2O2S2. The molecule has 0 radical (unpaired) electrons. The Balaban J connectivity index is 1.75. The van der Waals surface area contributed by atoms with Crippen LogP contribution in [0.2, 0.25) is 0 Å². The summed E-state index contributed by atoms with van der Waals surface area (Å²) in [5.74, 6) is 1.17. The summed E-state index contributed by atoms with van der Waals surface area (Å²) in [5, 5.41) is 17.9. The average molecular weight is 314 g/mol. The Kier molecular flexibility index (Phi) is 4.99. The zero-order valence-electron chi connectivity index (χ0n) is 11.9. The van der Waals surface area contributed by atoms with E-state index in [0.717, 1.165) is 11.3 Å². The second kappa shape index (κ2) is 6.37. The number of thioether (sulfide) groups is 1. The van der Waals surface area contributed by atoms with Crippen molar-refractivity contribution in [3.8, 4) is 0 Å². The molecule has 20 heavy (non-hydrogen) atoms. The van der Waals surface area contributed by atoms with Gasteiger partial charge in [0.1, 0.15) is 5.60 Å². The monoisotopic (exact) mass is 314 g/mol. The molecule has 0 saturated carbocycles. The topological polar surface area (TPSA) is 61.4 Å². The third-order valence-corrected chi connectivity index (χ3v) is 6.23. The zero-order chi connectivity index (χ0) is 14.6. The van der Waals surface area contributed by atoms with Gasteiger partial charge in [-0.25, -0.2) is 4.79 Å². The molecule has 1 aromatic rings. The first kappa shape index (κ1) is 15.7. The van der Waals surface area contributed by atoms with Gasteiger partial charge in [0.2, 0.25) is 0 Å². The van der Waals surface area contributed by atoms with E-state index in [-0.39, 0.29) is 17.3 Å². The van der Waals surface area contributed by atoms with Gasteiger partial charge < -0.3 is 15.7 Å². The lowest BCUT2D eigenvalue weighted by Gasteiger charge is -2.25. The third-order valence-electron chi connectivity index (χ3n) is 3.57. The number of hydrogen-bond acceptors (Lipinski definition) is 4. The van der Waals surface area contributed by atoms with Gasteiger partial charge in [-0.05, 0) is 43.9 Å². The molecule has 0 spiro atoms. The van der Waals surface area contributed by atoms with E-state index in [1.54, 1.807) is 6.92 Å². The average Bonchev–Trinajstić information content (AvgIpc) is 3.06. The highest BCUT2D eigenvalue weighted by molar-refractivity contribution is 8.00. The summed E-state index contributed by atoms with van der Waals surface area (Å²) in [5.41, 5.74) is -1.02. The van der Waals surface area contributed by atoms with E-state index >= 15 is 0 Å². The van der Waals surface area contributed by atoms with Crippen molar-refractivity contribution in [2.45, 2.75) is 37.0 Å². The van der Waals surface area contributed by atoms with Gasteiger partial charge >= 0.3 is 6.03 Å². The molecule has 1 aromatic heterocycles. The van der Waals surface area contributed by atoms with Crippen LogP contribution in [0.15, 0.2) is 17.5 Å². The summed E-state index contributed by atoms with van der Waals surface area (Å²) in [6, 6.07) is 3.56. The van der Waals surface area contributed by atoms with Crippen molar-refractivity contribution in [3.63, 3.8) is 0 Å². The number of hydrogen-bond donors (Lipinski definition) is 3. The van der Waals surface area contributed by atoms with E-state index in [2.05, 4.69) is 17.6 Å². The Morgan fingerprint density at radius 3 is 2.95 bits per heavy atom. The minimum absolute atomic E-state index is 0.160. The third kappa shape index (κ3) is 4.14. The number of urea groups is 1. The number of aliphatic hydroxyl groups is 1. The molecule has 0 aromatic carbocycles. The van der Waals surface area contributed by atoms with E-state index < -0.39 is 5.60 Å². The predicted octanol–water partition coefficient (Wildman–Crippen LogP) is 2.54. The smallest absolute Gasteiger partial charge is 0.314 e. The van der Waals surface area contributed by atoms with Gasteiger partial charge in [-0.1, -0.05) is 6.07 Å². The van der Waals surface area contributed by atoms with Crippen molar-refractivity contribution in [2.24, 2.45) is 0 Å². The summed E-state index contributed by atoms with van der Waals surface area (Å²) in [6.07, 6.45) is 2.36. The molecule has 2 amide bonds. The first-order valence-electron chi connectivity index (χ1n) is 6.83. The van der Waals surface area contributed by atoms with Crippen molar-refractivity contribution in [1.29, 1.82) is 0 Å². The molecular weight excluding hydrogens is 292 g/mol. The molecule has 1 saturated heterocycles. The number of carbonyl (C=O) groups excluding carboxylic acids is 1. The van der Waals surface area contributed by atoms with Crippen LogP contribution >= 0.6 is 23.1 Å². The largest absolute Gasteiger partial charge is 0.383 e. The van der Waals surface area contributed by atoms with Gasteiger partial charge in [-0.2, -0.15) is 11.8 Å². The van der Waals surface area contributed by atoms with Crippen LogP contribution in [0, 0.1) is 0 Å². The maximum Gasteiger partial charge on any atom is 0.314 e. The predicted molar refractivity (Wildman–Crippen MR) is 85.4 cm³/mol. The van der Waals surface area contributed by atoms with Gasteiger partial charge in [-0.15, -0.1) is 11.3 Å². The fourth-order valence-corrected chi connectivity index (χ4v) is 4.26. The maximum absolute atomic E-state index is 11.8. The maximum atomic E-state index is 11.8. The highest BCUT2D eigenvalue weighted by Crippen LogP contribution is 2.36. The fraction of sp³-hybridized carbons (Fsp3) is 0.643. The molecule has 2 heterocycles. The first-order chi connectivity index (χ1) is 9.41. The van der Waals surface area contributed by atoms with Crippen LogP contribution in [0.1, 0.15) is 31.6 Å². The van der Waals surface area contributed by atoms with Gasteiger partial charge in [-0.3, -0.25) is 0 Å². The number of amides is 2. The number of rotatable bonds is 5. The van der Waals surface area contributed by atoms with Crippen LogP contribution in [-0.4, -0.2) is 34.7 Å². The van der Waals surface area contributed by atoms with E-state index in [1.807, 2.05) is 29.3 Å². The summed E-state index contributed by atoms with van der Waals surface area (Å²) >= 11 is 3.41. The van der Waals surface area contributed by atoms with Crippen molar-refractivity contribution in [3.05, 3.63) is 22.4 Å². The van der Waals surface area contributed by atoms with Crippen molar-refractivity contribution >= 4 is 29.1 Å². The number of thiophene rings is 1. The molecule has 0 bridgehead atoms. The molecule has 1 fully saturated rings. The molecule has 1 aliphatic heterocycles. The molecule has 0 aliphatic carbocycles. The Labute approximate surface area is 128 Å². The summed E-state index contributed by atoms with van der Waals surface area (Å²) in [4.78, 5) is 12.7. The SMILES string of the molecule is CC1(CNC(=O)NCC(C)(O)c2cccs2)CCCS1. The van der Waals surface area contributed by atoms with Gasteiger partial charge in [0, 0.05) is 16.2 Å². The molecule has 2 unspecified atom stereocenters. The highest BCUT2D eigenvalue weighted by atomic mass is 32.2.